The standard InChI is InChI=1S/C22H18Cl2N2O3S.C22H16Cl2N2O3S.B.Na.H/c2*1-2-30(28,29)15-10-8-14(9-11-15)21(27)22-25-17-12-16(23)18(19(24)20(17)26-22)13-6-4-3-5-7-13;;;/h3-12,21,27H,2H2,1H3,(H,25,26);3-12H,2H2,1H3,(H,25,26);;;/q;;;+1;-1. The molecule has 0 saturated heterocycles. The molecule has 3 radical (unpaired) electrons. The topological polar surface area (TPSA) is 163 Å². The number of hydrogen-bond acceptors (Lipinski definition) is 8. The number of ketones is 1. The molecule has 8 aromatic rings. The number of benzene rings is 6. The van der Waals surface area contributed by atoms with Crippen LogP contribution in [-0.2, 0) is 19.7 Å². The molecule has 0 aliphatic rings. The van der Waals surface area contributed by atoms with E-state index in [2.05, 4.69) is 19.9 Å². The number of aromatic nitrogens is 4. The fraction of sp³-hybridized carbons (Fsp3) is 0.114. The summed E-state index contributed by atoms with van der Waals surface area (Å²) in [5.41, 5.74) is 5.93. The third-order valence-corrected chi connectivity index (χ3v) is 14.6. The van der Waals surface area contributed by atoms with Gasteiger partial charge in [-0.25, -0.2) is 26.8 Å². The molecule has 18 heteroatoms. The first-order valence-electron chi connectivity index (χ1n) is 18.4. The Labute approximate surface area is 404 Å². The van der Waals surface area contributed by atoms with Crippen LogP contribution in [0.2, 0.25) is 20.1 Å². The molecule has 8 rings (SSSR count). The maximum Gasteiger partial charge on any atom is 1.00 e. The van der Waals surface area contributed by atoms with Crippen molar-refractivity contribution in [3.8, 4) is 22.3 Å². The molecule has 1 atom stereocenters. The molecule has 2 aromatic heterocycles. The van der Waals surface area contributed by atoms with Crippen molar-refractivity contribution in [1.82, 2.24) is 19.9 Å². The summed E-state index contributed by atoms with van der Waals surface area (Å²) >= 11 is 26.1. The Morgan fingerprint density at radius 1 is 0.645 bits per heavy atom. The normalized spacial score (nSPS) is 11.9. The molecule has 1 unspecified atom stereocenters. The van der Waals surface area contributed by atoms with Gasteiger partial charge in [0.05, 0.1) is 52.4 Å². The number of H-pyrrole nitrogens is 2. The number of sulfone groups is 2. The van der Waals surface area contributed by atoms with E-state index in [4.69, 9.17) is 46.4 Å². The van der Waals surface area contributed by atoms with Crippen LogP contribution in [0, 0.1) is 0 Å². The van der Waals surface area contributed by atoms with Crippen molar-refractivity contribution in [2.75, 3.05) is 11.5 Å². The molecule has 0 fully saturated rings. The molecular formula is C44H35BCl4N4NaO6S2. The first-order chi connectivity index (χ1) is 28.6. The second kappa shape index (κ2) is 20.2. The predicted molar refractivity (Wildman–Crippen MR) is 246 cm³/mol. The molecule has 2 heterocycles. The second-order valence-electron chi connectivity index (χ2n) is 13.5. The summed E-state index contributed by atoms with van der Waals surface area (Å²) in [6.07, 6.45) is -1.08. The number of nitrogens with zero attached hydrogens (tertiary/aromatic N) is 2. The van der Waals surface area contributed by atoms with Gasteiger partial charge < -0.3 is 16.5 Å². The van der Waals surface area contributed by atoms with Gasteiger partial charge in [0.25, 0.3) is 0 Å². The minimum absolute atomic E-state index is 0. The van der Waals surface area contributed by atoms with Crippen molar-refractivity contribution in [3.63, 3.8) is 0 Å². The Balaban J connectivity index is 0.000000264. The molecule has 6 aromatic carbocycles. The number of aliphatic hydroxyl groups is 1. The van der Waals surface area contributed by atoms with E-state index in [0.29, 0.717) is 70.2 Å². The molecule has 0 aliphatic carbocycles. The summed E-state index contributed by atoms with van der Waals surface area (Å²) in [5.74, 6) is 0.0209. The largest absolute Gasteiger partial charge is 1.00 e. The number of carbonyl (C=O) groups excluding carboxylic acids is 1. The smallest absolute Gasteiger partial charge is 1.00 e. The van der Waals surface area contributed by atoms with Gasteiger partial charge in [-0.05, 0) is 65.2 Å². The van der Waals surface area contributed by atoms with Gasteiger partial charge in [-0.1, -0.05) is 133 Å². The summed E-state index contributed by atoms with van der Waals surface area (Å²) in [4.78, 5) is 28.2. The van der Waals surface area contributed by atoms with Crippen molar-refractivity contribution >= 4 is 102 Å². The van der Waals surface area contributed by atoms with Gasteiger partial charge in [0.15, 0.2) is 25.5 Å². The Bertz CT molecular complexity index is 3130. The number of rotatable bonds is 10. The maximum absolute atomic E-state index is 12.9. The Morgan fingerprint density at radius 3 is 1.52 bits per heavy atom. The first kappa shape index (κ1) is 49.0. The monoisotopic (exact) mass is 953 g/mol. The van der Waals surface area contributed by atoms with Gasteiger partial charge >= 0.3 is 29.6 Å². The van der Waals surface area contributed by atoms with Crippen LogP contribution in [-0.4, -0.2) is 67.6 Å². The quantitative estimate of drug-likeness (QED) is 0.0928. The summed E-state index contributed by atoms with van der Waals surface area (Å²) < 4.78 is 47.9. The van der Waals surface area contributed by atoms with E-state index in [9.17, 15) is 26.7 Å². The zero-order chi connectivity index (χ0) is 42.9. The third-order valence-electron chi connectivity index (χ3n) is 9.75. The number of halogens is 4. The summed E-state index contributed by atoms with van der Waals surface area (Å²) in [7, 11) is -6.64. The zero-order valence-corrected chi connectivity index (χ0v) is 40.0. The van der Waals surface area contributed by atoms with Crippen molar-refractivity contribution < 1.29 is 57.7 Å². The van der Waals surface area contributed by atoms with Crippen molar-refractivity contribution in [1.29, 1.82) is 0 Å². The van der Waals surface area contributed by atoms with Crippen molar-refractivity contribution in [2.24, 2.45) is 0 Å². The van der Waals surface area contributed by atoms with Crippen LogP contribution >= 0.6 is 46.4 Å². The van der Waals surface area contributed by atoms with E-state index in [-0.39, 0.29) is 72.3 Å². The molecule has 0 bridgehead atoms. The van der Waals surface area contributed by atoms with Crippen LogP contribution in [0.3, 0.4) is 0 Å². The minimum atomic E-state index is -3.33. The number of aromatic amines is 2. The number of hydrogen-bond donors (Lipinski definition) is 3. The number of fused-ring (bicyclic) bond motifs is 2. The molecule has 3 N–H and O–H groups in total. The minimum Gasteiger partial charge on any atom is -1.00 e. The van der Waals surface area contributed by atoms with Gasteiger partial charge in [0.2, 0.25) is 5.78 Å². The SMILES string of the molecule is CCS(=O)(=O)c1ccc(C(=O)c2nc3c(Cl)c(-c4ccccc4)c(Cl)cc3[nH]2)cc1.CCS(=O)(=O)c1ccc(C(O)c2nc3c(Cl)c(-c4ccccc4)c(Cl)cc3[nH]2)cc1.[B].[H-].[Na+]. The summed E-state index contributed by atoms with van der Waals surface area (Å²) in [6.45, 7) is 3.16. The average molecular weight is 956 g/mol. The second-order valence-corrected chi connectivity index (χ2v) is 19.6. The average Bonchev–Trinajstić information content (AvgIpc) is 3.89. The molecule has 0 amide bonds. The number of imidazole rings is 2. The van der Waals surface area contributed by atoms with E-state index in [0.717, 1.165) is 11.1 Å². The zero-order valence-electron chi connectivity index (χ0n) is 34.3. The van der Waals surface area contributed by atoms with Crippen LogP contribution in [0.1, 0.15) is 48.9 Å². The molecule has 62 heavy (non-hydrogen) atoms. The summed E-state index contributed by atoms with van der Waals surface area (Å²) in [6, 6.07) is 34.3. The van der Waals surface area contributed by atoms with Gasteiger partial charge in [-0.2, -0.15) is 0 Å². The number of carbonyl (C=O) groups is 1. The van der Waals surface area contributed by atoms with Gasteiger partial charge in [0.1, 0.15) is 23.0 Å². The van der Waals surface area contributed by atoms with Crippen LogP contribution in [0.15, 0.2) is 131 Å². The maximum atomic E-state index is 12.9. The van der Waals surface area contributed by atoms with Crippen LogP contribution in [0.4, 0.5) is 0 Å². The molecule has 311 valence electrons. The number of aliphatic hydroxyl groups excluding tert-OH is 1. The van der Waals surface area contributed by atoms with E-state index < -0.39 is 25.8 Å². The fourth-order valence-electron chi connectivity index (χ4n) is 6.46. The van der Waals surface area contributed by atoms with Gasteiger partial charge in [-0.15, -0.1) is 0 Å². The molecule has 10 nitrogen and oxygen atoms in total. The third kappa shape index (κ3) is 10.0. The van der Waals surface area contributed by atoms with E-state index in [1.54, 1.807) is 38.1 Å². The molecular weight excluding hydrogens is 920 g/mol. The Hall–Kier alpha value is -3.99. The van der Waals surface area contributed by atoms with Crippen LogP contribution in [0.25, 0.3) is 44.3 Å². The summed E-state index contributed by atoms with van der Waals surface area (Å²) in [5, 5.41) is 12.4. The van der Waals surface area contributed by atoms with E-state index >= 15 is 0 Å². The van der Waals surface area contributed by atoms with Gasteiger partial charge in [0, 0.05) is 25.1 Å². The van der Waals surface area contributed by atoms with Gasteiger partial charge in [-0.3, -0.25) is 4.79 Å². The van der Waals surface area contributed by atoms with Crippen molar-refractivity contribution in [2.45, 2.75) is 29.7 Å². The number of nitrogens with one attached hydrogen (secondary N) is 2. The van der Waals surface area contributed by atoms with E-state index in [1.165, 1.54) is 36.4 Å². The Morgan fingerprint density at radius 2 is 1.06 bits per heavy atom. The van der Waals surface area contributed by atoms with Crippen molar-refractivity contribution in [3.05, 3.63) is 164 Å². The predicted octanol–water partition coefficient (Wildman–Crippen LogP) is 7.71. The van der Waals surface area contributed by atoms with E-state index in [1.807, 2.05) is 60.7 Å². The molecule has 0 aliphatic heterocycles. The first-order valence-corrected chi connectivity index (χ1v) is 23.2. The molecule has 0 spiro atoms. The van der Waals surface area contributed by atoms with Crippen LogP contribution < -0.4 is 29.6 Å². The van der Waals surface area contributed by atoms with Crippen LogP contribution in [0.5, 0.6) is 0 Å². The Kier molecular flexibility index (Phi) is 16.0. The molecule has 0 saturated carbocycles. The fourth-order valence-corrected chi connectivity index (χ4v) is 9.66.